The highest BCUT2D eigenvalue weighted by Gasteiger charge is 2.11. The van der Waals surface area contributed by atoms with Crippen LogP contribution >= 0.6 is 0 Å². The lowest BCUT2D eigenvalue weighted by molar-refractivity contribution is 0.445. The van der Waals surface area contributed by atoms with E-state index in [1.165, 1.54) is 0 Å². The van der Waals surface area contributed by atoms with Crippen molar-refractivity contribution in [2.45, 2.75) is 33.1 Å². The second-order valence-corrected chi connectivity index (χ2v) is 3.09. The average Bonchev–Trinajstić information content (AvgIpc) is 1.89. The molecule has 0 N–H and O–H groups in total. The van der Waals surface area contributed by atoms with Gasteiger partial charge in [-0.2, -0.15) is 0 Å². The van der Waals surface area contributed by atoms with Gasteiger partial charge in [0.25, 0.3) is 0 Å². The standard InChI is InChI=1S/C10H14/c1-5-7-8-9-10(3,4)6-2/h1-2H,7-9H2,3-4H3. The molecule has 0 aromatic rings. The van der Waals surface area contributed by atoms with Crippen LogP contribution in [0.1, 0.15) is 33.1 Å². The highest BCUT2D eigenvalue weighted by atomic mass is 14.1. The van der Waals surface area contributed by atoms with Gasteiger partial charge < -0.3 is 0 Å². The molecule has 0 aliphatic carbocycles. The lowest BCUT2D eigenvalue weighted by atomic mass is 9.88. The molecule has 0 saturated carbocycles. The van der Waals surface area contributed by atoms with Crippen molar-refractivity contribution < 1.29 is 0 Å². The summed E-state index contributed by atoms with van der Waals surface area (Å²) in [6.45, 7) is 4.12. The lowest BCUT2D eigenvalue weighted by Crippen LogP contribution is -2.06. The fourth-order valence-corrected chi connectivity index (χ4v) is 0.705. The molecule has 0 bridgehead atoms. The van der Waals surface area contributed by atoms with E-state index >= 15 is 0 Å². The van der Waals surface area contributed by atoms with E-state index in [1.807, 2.05) is 0 Å². The summed E-state index contributed by atoms with van der Waals surface area (Å²) >= 11 is 0. The minimum Gasteiger partial charge on any atom is -0.120 e. The molecule has 0 heterocycles. The molecule has 0 amide bonds. The summed E-state index contributed by atoms with van der Waals surface area (Å²) in [6, 6.07) is 0. The van der Waals surface area contributed by atoms with Crippen LogP contribution in [0.5, 0.6) is 0 Å². The first-order valence-corrected chi connectivity index (χ1v) is 3.53. The zero-order valence-corrected chi connectivity index (χ0v) is 6.78. The molecule has 0 aromatic heterocycles. The number of rotatable bonds is 3. The van der Waals surface area contributed by atoms with Crippen molar-refractivity contribution in [3.63, 3.8) is 0 Å². The van der Waals surface area contributed by atoms with E-state index in [4.69, 9.17) is 12.8 Å². The minimum atomic E-state index is 0.0247. The molecule has 0 aliphatic heterocycles. The van der Waals surface area contributed by atoms with Crippen LogP contribution in [0.2, 0.25) is 0 Å². The zero-order chi connectivity index (χ0) is 8.04. The van der Waals surface area contributed by atoms with Gasteiger partial charge in [-0.3, -0.25) is 0 Å². The minimum absolute atomic E-state index is 0.0247. The van der Waals surface area contributed by atoms with Crippen molar-refractivity contribution in [2.75, 3.05) is 0 Å². The quantitative estimate of drug-likeness (QED) is 0.411. The molecule has 54 valence electrons. The topological polar surface area (TPSA) is 0 Å². The van der Waals surface area contributed by atoms with E-state index in [1.54, 1.807) is 0 Å². The van der Waals surface area contributed by atoms with Gasteiger partial charge >= 0.3 is 0 Å². The molecule has 0 nitrogen and oxygen atoms in total. The molecule has 0 aromatic carbocycles. The van der Waals surface area contributed by atoms with Crippen LogP contribution in [0.15, 0.2) is 0 Å². The Morgan fingerprint density at radius 1 is 1.30 bits per heavy atom. The first-order chi connectivity index (χ1) is 4.62. The van der Waals surface area contributed by atoms with Gasteiger partial charge in [0.1, 0.15) is 0 Å². The summed E-state index contributed by atoms with van der Waals surface area (Å²) in [4.78, 5) is 0. The van der Waals surface area contributed by atoms with Crippen molar-refractivity contribution in [3.05, 3.63) is 0 Å². The number of unbranched alkanes of at least 4 members (excludes halogenated alkanes) is 1. The van der Waals surface area contributed by atoms with Gasteiger partial charge in [0.15, 0.2) is 0 Å². The Kier molecular flexibility index (Phi) is 3.67. The molecule has 0 unspecified atom stereocenters. The smallest absolute Gasteiger partial charge is 0.0256 e. The van der Waals surface area contributed by atoms with E-state index in [0.717, 1.165) is 19.3 Å². The first-order valence-electron chi connectivity index (χ1n) is 3.53. The Hall–Kier alpha value is -0.880. The Labute approximate surface area is 64.0 Å². The molecule has 0 spiro atoms. The van der Waals surface area contributed by atoms with E-state index in [2.05, 4.69) is 25.7 Å². The second-order valence-electron chi connectivity index (χ2n) is 3.09. The number of terminal acetylenes is 2. The van der Waals surface area contributed by atoms with Gasteiger partial charge in [-0.1, -0.05) is 0 Å². The summed E-state index contributed by atoms with van der Waals surface area (Å²) in [5.41, 5.74) is 0.0247. The molecular formula is C10H14. The molecule has 0 atom stereocenters. The SMILES string of the molecule is C#CCCCC(C)(C)C#C. The van der Waals surface area contributed by atoms with Crippen LogP contribution in [0, 0.1) is 30.1 Å². The summed E-state index contributed by atoms with van der Waals surface area (Å²) in [5, 5.41) is 0. The molecule has 0 aliphatic rings. The van der Waals surface area contributed by atoms with Crippen LogP contribution in [0.25, 0.3) is 0 Å². The fraction of sp³-hybridized carbons (Fsp3) is 0.600. The largest absolute Gasteiger partial charge is 0.120 e. The molecule has 0 heteroatoms. The second kappa shape index (κ2) is 4.02. The Bertz CT molecular complexity index is 161. The molecule has 0 radical (unpaired) electrons. The van der Waals surface area contributed by atoms with Gasteiger partial charge in [-0.25, -0.2) is 0 Å². The molecule has 0 saturated heterocycles. The fourth-order valence-electron chi connectivity index (χ4n) is 0.705. The molecular weight excluding hydrogens is 120 g/mol. The molecule has 10 heavy (non-hydrogen) atoms. The Morgan fingerprint density at radius 3 is 2.30 bits per heavy atom. The van der Waals surface area contributed by atoms with Crippen molar-refractivity contribution >= 4 is 0 Å². The maximum atomic E-state index is 5.29. The number of hydrogen-bond acceptors (Lipinski definition) is 0. The van der Waals surface area contributed by atoms with Crippen LogP contribution < -0.4 is 0 Å². The van der Waals surface area contributed by atoms with Gasteiger partial charge in [-0.05, 0) is 26.7 Å². The monoisotopic (exact) mass is 134 g/mol. The van der Waals surface area contributed by atoms with E-state index in [-0.39, 0.29) is 5.41 Å². The normalized spacial score (nSPS) is 10.0. The number of hydrogen-bond donors (Lipinski definition) is 0. The third-order valence-electron chi connectivity index (χ3n) is 1.51. The highest BCUT2D eigenvalue weighted by molar-refractivity contribution is 5.00. The summed E-state index contributed by atoms with van der Waals surface area (Å²) in [7, 11) is 0. The van der Waals surface area contributed by atoms with Crippen molar-refractivity contribution in [2.24, 2.45) is 5.41 Å². The third kappa shape index (κ3) is 4.04. The van der Waals surface area contributed by atoms with Crippen molar-refractivity contribution in [1.82, 2.24) is 0 Å². The van der Waals surface area contributed by atoms with Crippen molar-refractivity contribution in [3.8, 4) is 24.7 Å². The van der Waals surface area contributed by atoms with Gasteiger partial charge in [0.2, 0.25) is 0 Å². The first kappa shape index (κ1) is 9.12. The predicted octanol–water partition coefficient (Wildman–Crippen LogP) is 2.45. The average molecular weight is 134 g/mol. The third-order valence-corrected chi connectivity index (χ3v) is 1.51. The van der Waals surface area contributed by atoms with Gasteiger partial charge in [0.05, 0.1) is 0 Å². The van der Waals surface area contributed by atoms with Crippen molar-refractivity contribution in [1.29, 1.82) is 0 Å². The maximum absolute atomic E-state index is 5.29. The summed E-state index contributed by atoms with van der Waals surface area (Å²) in [6.07, 6.45) is 13.3. The van der Waals surface area contributed by atoms with E-state index < -0.39 is 0 Å². The summed E-state index contributed by atoms with van der Waals surface area (Å²) < 4.78 is 0. The van der Waals surface area contributed by atoms with Crippen LogP contribution in [-0.2, 0) is 0 Å². The Balaban J connectivity index is 3.52. The highest BCUT2D eigenvalue weighted by Crippen LogP contribution is 2.20. The van der Waals surface area contributed by atoms with Crippen LogP contribution in [-0.4, -0.2) is 0 Å². The Morgan fingerprint density at radius 2 is 1.90 bits per heavy atom. The zero-order valence-electron chi connectivity index (χ0n) is 6.78. The summed E-state index contributed by atoms with van der Waals surface area (Å²) in [5.74, 6) is 5.33. The molecule has 0 fully saturated rings. The van der Waals surface area contributed by atoms with Gasteiger partial charge in [0, 0.05) is 11.8 Å². The van der Waals surface area contributed by atoms with E-state index in [0.29, 0.717) is 0 Å². The molecule has 0 rings (SSSR count). The van der Waals surface area contributed by atoms with E-state index in [9.17, 15) is 0 Å². The van der Waals surface area contributed by atoms with Gasteiger partial charge in [-0.15, -0.1) is 24.7 Å². The lowest BCUT2D eigenvalue weighted by Gasteiger charge is -2.15. The maximum Gasteiger partial charge on any atom is 0.0256 e. The predicted molar refractivity (Wildman–Crippen MR) is 45.3 cm³/mol. The van der Waals surface area contributed by atoms with Crippen LogP contribution in [0.4, 0.5) is 0 Å². The van der Waals surface area contributed by atoms with Crippen LogP contribution in [0.3, 0.4) is 0 Å².